The standard InChI is InChI=1S/C12H12ClN5O2S/c1-14-11(20)15-9(19)6-21-12-16-10(17-18-12)7-2-4-8(13)5-3-7/h2-5H,6H2,1H3,(H,16,17,18)(H2,14,15,19,20). The van der Waals surface area contributed by atoms with Crippen molar-refractivity contribution in [3.8, 4) is 11.4 Å². The number of halogens is 1. The number of nitrogens with zero attached hydrogens (tertiary/aromatic N) is 2. The molecule has 2 rings (SSSR count). The van der Waals surface area contributed by atoms with Crippen LogP contribution in [-0.4, -0.2) is 39.9 Å². The highest BCUT2D eigenvalue weighted by Crippen LogP contribution is 2.20. The SMILES string of the molecule is CNC(=O)NC(=O)CSc1n[nH]c(-c2ccc(Cl)cc2)n1. The minimum absolute atomic E-state index is 0.0470. The molecular formula is C12H12ClN5O2S. The van der Waals surface area contributed by atoms with E-state index in [1.807, 2.05) is 12.1 Å². The molecule has 1 aromatic heterocycles. The van der Waals surface area contributed by atoms with Crippen LogP contribution >= 0.6 is 23.4 Å². The highest BCUT2D eigenvalue weighted by molar-refractivity contribution is 7.99. The Morgan fingerprint density at radius 1 is 1.33 bits per heavy atom. The molecule has 21 heavy (non-hydrogen) atoms. The van der Waals surface area contributed by atoms with Crippen LogP contribution in [0.4, 0.5) is 4.79 Å². The predicted molar refractivity (Wildman–Crippen MR) is 80.2 cm³/mol. The summed E-state index contributed by atoms with van der Waals surface area (Å²) in [7, 11) is 1.43. The van der Waals surface area contributed by atoms with Gasteiger partial charge in [-0.2, -0.15) is 0 Å². The first-order valence-electron chi connectivity index (χ1n) is 5.91. The Morgan fingerprint density at radius 3 is 2.71 bits per heavy atom. The molecule has 0 spiro atoms. The van der Waals surface area contributed by atoms with Gasteiger partial charge in [0.15, 0.2) is 5.82 Å². The Hall–Kier alpha value is -2.06. The van der Waals surface area contributed by atoms with E-state index in [1.54, 1.807) is 12.1 Å². The van der Waals surface area contributed by atoms with Gasteiger partial charge in [0.2, 0.25) is 11.1 Å². The molecule has 9 heteroatoms. The molecule has 0 bridgehead atoms. The molecule has 0 aliphatic heterocycles. The fraction of sp³-hybridized carbons (Fsp3) is 0.167. The van der Waals surface area contributed by atoms with Crippen LogP contribution in [0, 0.1) is 0 Å². The molecule has 3 amide bonds. The number of aromatic amines is 1. The van der Waals surface area contributed by atoms with Gasteiger partial charge in [-0.1, -0.05) is 23.4 Å². The topological polar surface area (TPSA) is 99.8 Å². The lowest BCUT2D eigenvalue weighted by Crippen LogP contribution is -2.38. The average molecular weight is 326 g/mol. The number of hydrogen-bond acceptors (Lipinski definition) is 5. The summed E-state index contributed by atoms with van der Waals surface area (Å²) in [5.41, 5.74) is 0.841. The van der Waals surface area contributed by atoms with Crippen molar-refractivity contribution in [1.29, 1.82) is 0 Å². The number of amides is 3. The number of rotatable bonds is 4. The van der Waals surface area contributed by atoms with Crippen molar-refractivity contribution < 1.29 is 9.59 Å². The third kappa shape index (κ3) is 4.47. The molecule has 1 aromatic carbocycles. The van der Waals surface area contributed by atoms with Gasteiger partial charge in [-0.15, -0.1) is 5.10 Å². The summed E-state index contributed by atoms with van der Waals surface area (Å²) < 4.78 is 0. The van der Waals surface area contributed by atoms with Crippen molar-refractivity contribution >= 4 is 35.3 Å². The molecule has 7 nitrogen and oxygen atoms in total. The fourth-order valence-corrected chi connectivity index (χ4v) is 2.13. The number of aromatic nitrogens is 3. The van der Waals surface area contributed by atoms with E-state index in [-0.39, 0.29) is 5.75 Å². The van der Waals surface area contributed by atoms with Gasteiger partial charge in [-0.05, 0) is 24.3 Å². The van der Waals surface area contributed by atoms with E-state index in [0.29, 0.717) is 16.0 Å². The number of carbonyl (C=O) groups is 2. The molecule has 0 fully saturated rings. The molecule has 2 aromatic rings. The van der Waals surface area contributed by atoms with E-state index < -0.39 is 11.9 Å². The molecule has 0 atom stereocenters. The zero-order valence-corrected chi connectivity index (χ0v) is 12.6. The Bertz CT molecular complexity index is 643. The van der Waals surface area contributed by atoms with E-state index in [2.05, 4.69) is 25.8 Å². The summed E-state index contributed by atoms with van der Waals surface area (Å²) in [5.74, 6) is 0.212. The predicted octanol–water partition coefficient (Wildman–Crippen LogP) is 1.67. The number of carbonyl (C=O) groups excluding carboxylic acids is 2. The van der Waals surface area contributed by atoms with Gasteiger partial charge in [0, 0.05) is 17.6 Å². The van der Waals surface area contributed by atoms with Gasteiger partial charge in [-0.3, -0.25) is 15.2 Å². The molecule has 110 valence electrons. The second-order valence-corrected chi connectivity index (χ2v) is 5.27. The number of benzene rings is 1. The second-order valence-electron chi connectivity index (χ2n) is 3.89. The van der Waals surface area contributed by atoms with E-state index in [9.17, 15) is 9.59 Å². The van der Waals surface area contributed by atoms with Crippen LogP contribution < -0.4 is 10.6 Å². The Balaban J connectivity index is 1.93. The van der Waals surface area contributed by atoms with Gasteiger partial charge >= 0.3 is 6.03 Å². The Morgan fingerprint density at radius 2 is 2.05 bits per heavy atom. The van der Waals surface area contributed by atoms with Crippen molar-refractivity contribution in [3.63, 3.8) is 0 Å². The van der Waals surface area contributed by atoms with E-state index in [4.69, 9.17) is 11.6 Å². The van der Waals surface area contributed by atoms with E-state index in [0.717, 1.165) is 17.3 Å². The van der Waals surface area contributed by atoms with Crippen LogP contribution in [0.25, 0.3) is 11.4 Å². The highest BCUT2D eigenvalue weighted by Gasteiger charge is 2.10. The van der Waals surface area contributed by atoms with E-state index >= 15 is 0 Å². The smallest absolute Gasteiger partial charge is 0.321 e. The monoisotopic (exact) mass is 325 g/mol. The van der Waals surface area contributed by atoms with Crippen LogP contribution in [0.3, 0.4) is 0 Å². The average Bonchev–Trinajstić information content (AvgIpc) is 2.94. The number of imide groups is 1. The zero-order chi connectivity index (χ0) is 15.2. The number of H-pyrrole nitrogens is 1. The maximum Gasteiger partial charge on any atom is 0.321 e. The lowest BCUT2D eigenvalue weighted by Gasteiger charge is -2.00. The molecule has 0 saturated carbocycles. The van der Waals surface area contributed by atoms with Crippen LogP contribution in [-0.2, 0) is 4.79 Å². The lowest BCUT2D eigenvalue weighted by atomic mass is 10.2. The summed E-state index contributed by atoms with van der Waals surface area (Å²) >= 11 is 6.94. The van der Waals surface area contributed by atoms with Crippen molar-refractivity contribution in [3.05, 3.63) is 29.3 Å². The van der Waals surface area contributed by atoms with Crippen LogP contribution in [0.15, 0.2) is 29.4 Å². The third-order valence-electron chi connectivity index (χ3n) is 2.39. The largest absolute Gasteiger partial charge is 0.341 e. The van der Waals surface area contributed by atoms with Crippen LogP contribution in [0.2, 0.25) is 5.02 Å². The molecular weight excluding hydrogens is 314 g/mol. The first-order chi connectivity index (χ1) is 10.1. The van der Waals surface area contributed by atoms with Crippen LogP contribution in [0.5, 0.6) is 0 Å². The molecule has 0 unspecified atom stereocenters. The van der Waals surface area contributed by atoms with Crippen LogP contribution in [0.1, 0.15) is 0 Å². The quantitative estimate of drug-likeness (QED) is 0.743. The molecule has 0 aliphatic rings. The van der Waals surface area contributed by atoms with Crippen molar-refractivity contribution in [2.45, 2.75) is 5.16 Å². The van der Waals surface area contributed by atoms with Gasteiger partial charge < -0.3 is 5.32 Å². The molecule has 0 aliphatic carbocycles. The number of nitrogens with one attached hydrogen (secondary N) is 3. The van der Waals surface area contributed by atoms with Crippen molar-refractivity contribution in [2.75, 3.05) is 12.8 Å². The summed E-state index contributed by atoms with van der Waals surface area (Å²) in [6.07, 6.45) is 0. The second kappa shape index (κ2) is 7.09. The lowest BCUT2D eigenvalue weighted by molar-refractivity contribution is -0.117. The summed E-state index contributed by atoms with van der Waals surface area (Å²) in [6.45, 7) is 0. The van der Waals surface area contributed by atoms with Crippen molar-refractivity contribution in [2.24, 2.45) is 0 Å². The summed E-state index contributed by atoms with van der Waals surface area (Å²) in [5, 5.41) is 12.3. The minimum Gasteiger partial charge on any atom is -0.341 e. The fourth-order valence-electron chi connectivity index (χ4n) is 1.40. The third-order valence-corrected chi connectivity index (χ3v) is 3.49. The Labute approximate surface area is 129 Å². The maximum atomic E-state index is 11.4. The van der Waals surface area contributed by atoms with Gasteiger partial charge in [0.05, 0.1) is 5.75 Å². The molecule has 0 radical (unpaired) electrons. The summed E-state index contributed by atoms with van der Waals surface area (Å²) in [6, 6.07) is 6.59. The van der Waals surface area contributed by atoms with Gasteiger partial charge in [-0.25, -0.2) is 9.78 Å². The number of hydrogen-bond donors (Lipinski definition) is 3. The molecule has 0 saturated heterocycles. The first kappa shape index (κ1) is 15.3. The molecule has 3 N–H and O–H groups in total. The zero-order valence-electron chi connectivity index (χ0n) is 11.0. The van der Waals surface area contributed by atoms with Crippen molar-refractivity contribution in [1.82, 2.24) is 25.8 Å². The number of urea groups is 1. The van der Waals surface area contributed by atoms with Gasteiger partial charge in [0.25, 0.3) is 0 Å². The van der Waals surface area contributed by atoms with E-state index in [1.165, 1.54) is 7.05 Å². The summed E-state index contributed by atoms with van der Waals surface area (Å²) in [4.78, 5) is 26.6. The minimum atomic E-state index is -0.544. The first-order valence-corrected chi connectivity index (χ1v) is 7.27. The number of thioether (sulfide) groups is 1. The van der Waals surface area contributed by atoms with Gasteiger partial charge in [0.1, 0.15) is 0 Å². The molecule has 1 heterocycles. The Kier molecular flexibility index (Phi) is 5.18. The highest BCUT2D eigenvalue weighted by atomic mass is 35.5. The maximum absolute atomic E-state index is 11.4. The normalized spacial score (nSPS) is 10.2.